The maximum absolute atomic E-state index is 13.0. The Kier molecular flexibility index (Phi) is 4.67. The first kappa shape index (κ1) is 18.9. The third-order valence-corrected chi connectivity index (χ3v) is 6.06. The van der Waals surface area contributed by atoms with Crippen LogP contribution in [0.5, 0.6) is 5.75 Å². The van der Waals surface area contributed by atoms with E-state index in [4.69, 9.17) is 4.74 Å². The average molecular weight is 409 g/mol. The highest BCUT2D eigenvalue weighted by Gasteiger charge is 2.19. The Morgan fingerprint density at radius 2 is 1.72 bits per heavy atom. The summed E-state index contributed by atoms with van der Waals surface area (Å²) < 4.78 is 35.3. The number of sulfonamides is 1. The van der Waals surface area contributed by atoms with Crippen molar-refractivity contribution in [1.82, 2.24) is 19.8 Å². The van der Waals surface area contributed by atoms with Crippen LogP contribution in [-0.4, -0.2) is 35.3 Å². The van der Waals surface area contributed by atoms with Crippen molar-refractivity contribution >= 4 is 21.4 Å². The van der Waals surface area contributed by atoms with Crippen molar-refractivity contribution in [2.24, 2.45) is 0 Å². The van der Waals surface area contributed by atoms with E-state index < -0.39 is 10.0 Å². The third-order valence-electron chi connectivity index (χ3n) is 4.53. The van der Waals surface area contributed by atoms with Gasteiger partial charge in [-0.05, 0) is 61.9 Å². The van der Waals surface area contributed by atoms with E-state index in [1.54, 1.807) is 74.0 Å². The van der Waals surface area contributed by atoms with Gasteiger partial charge in [-0.25, -0.2) is 8.42 Å². The zero-order chi connectivity index (χ0) is 20.6. The highest BCUT2D eigenvalue weighted by Crippen LogP contribution is 2.26. The molecule has 0 radical (unpaired) electrons. The van der Waals surface area contributed by atoms with Gasteiger partial charge in [-0.15, -0.1) is 10.2 Å². The van der Waals surface area contributed by atoms with Gasteiger partial charge in [0.1, 0.15) is 5.75 Å². The summed E-state index contributed by atoms with van der Waals surface area (Å²) in [6.45, 7) is 3.56. The highest BCUT2D eigenvalue weighted by molar-refractivity contribution is 7.92. The van der Waals surface area contributed by atoms with E-state index >= 15 is 0 Å². The van der Waals surface area contributed by atoms with Crippen molar-refractivity contribution in [2.45, 2.75) is 18.7 Å². The number of nitrogens with one attached hydrogen (secondary N) is 1. The summed E-state index contributed by atoms with van der Waals surface area (Å²) in [6, 6.07) is 15.5. The Hall–Kier alpha value is -3.46. The first-order valence-corrected chi connectivity index (χ1v) is 10.3. The Bertz CT molecular complexity index is 1300. The van der Waals surface area contributed by atoms with E-state index in [1.807, 2.05) is 6.07 Å². The number of ether oxygens (including phenoxy) is 1. The summed E-state index contributed by atoms with van der Waals surface area (Å²) in [4.78, 5) is 0.188. The fourth-order valence-electron chi connectivity index (χ4n) is 2.97. The molecule has 2 aromatic heterocycles. The molecule has 29 heavy (non-hydrogen) atoms. The number of fused-ring (bicyclic) bond motifs is 1. The van der Waals surface area contributed by atoms with Gasteiger partial charge in [0.05, 0.1) is 17.7 Å². The van der Waals surface area contributed by atoms with Gasteiger partial charge in [-0.1, -0.05) is 12.1 Å². The van der Waals surface area contributed by atoms with Crippen LogP contribution in [0.25, 0.3) is 16.9 Å². The standard InChI is InChI=1S/C20H19N5O3S/c1-13-4-5-15(18-10-11-20-22-21-14(2)25(20)23-18)12-19(13)29(26,27)24-16-6-8-17(28-3)9-7-16/h4-12,24H,1-3H3. The summed E-state index contributed by atoms with van der Waals surface area (Å²) in [5.41, 5.74) is 3.03. The molecule has 9 heteroatoms. The summed E-state index contributed by atoms with van der Waals surface area (Å²) >= 11 is 0. The van der Waals surface area contributed by atoms with Crippen LogP contribution in [-0.2, 0) is 10.0 Å². The van der Waals surface area contributed by atoms with Crippen LogP contribution in [0.2, 0.25) is 0 Å². The number of nitrogens with zero attached hydrogens (tertiary/aromatic N) is 4. The zero-order valence-electron chi connectivity index (χ0n) is 16.1. The zero-order valence-corrected chi connectivity index (χ0v) is 16.9. The fourth-order valence-corrected chi connectivity index (χ4v) is 4.30. The van der Waals surface area contributed by atoms with Gasteiger partial charge in [0.2, 0.25) is 0 Å². The van der Waals surface area contributed by atoms with Gasteiger partial charge in [0.15, 0.2) is 11.5 Å². The van der Waals surface area contributed by atoms with Crippen LogP contribution in [0.15, 0.2) is 59.5 Å². The SMILES string of the molecule is COc1ccc(NS(=O)(=O)c2cc(-c3ccc4nnc(C)n4n3)ccc2C)cc1. The van der Waals surface area contributed by atoms with Crippen LogP contribution in [0, 0.1) is 13.8 Å². The Balaban J connectivity index is 1.72. The molecule has 148 valence electrons. The number of aromatic nitrogens is 4. The molecular formula is C20H19N5O3S. The number of hydrogen-bond acceptors (Lipinski definition) is 6. The first-order valence-electron chi connectivity index (χ1n) is 8.84. The Morgan fingerprint density at radius 1 is 0.966 bits per heavy atom. The average Bonchev–Trinajstić information content (AvgIpc) is 3.09. The predicted molar refractivity (Wildman–Crippen MR) is 109 cm³/mol. The summed E-state index contributed by atoms with van der Waals surface area (Å²) in [7, 11) is -2.23. The number of benzene rings is 2. The summed E-state index contributed by atoms with van der Waals surface area (Å²) in [5, 5.41) is 12.5. The molecule has 0 aliphatic rings. The lowest BCUT2D eigenvalue weighted by Gasteiger charge is -2.12. The first-order chi connectivity index (χ1) is 13.9. The molecular weight excluding hydrogens is 390 g/mol. The molecule has 4 rings (SSSR count). The van der Waals surface area contributed by atoms with E-state index in [9.17, 15) is 8.42 Å². The molecule has 4 aromatic rings. The second-order valence-corrected chi connectivity index (χ2v) is 8.20. The molecule has 0 aliphatic carbocycles. The molecule has 0 fully saturated rings. The fraction of sp³-hybridized carbons (Fsp3) is 0.150. The van der Waals surface area contributed by atoms with Gasteiger partial charge in [-0.2, -0.15) is 9.61 Å². The van der Waals surface area contributed by atoms with Crippen LogP contribution < -0.4 is 9.46 Å². The Morgan fingerprint density at radius 3 is 2.45 bits per heavy atom. The molecule has 0 unspecified atom stereocenters. The quantitative estimate of drug-likeness (QED) is 0.543. The lowest BCUT2D eigenvalue weighted by atomic mass is 10.1. The van der Waals surface area contributed by atoms with Crippen molar-refractivity contribution in [3.8, 4) is 17.0 Å². The van der Waals surface area contributed by atoms with Gasteiger partial charge in [-0.3, -0.25) is 4.72 Å². The van der Waals surface area contributed by atoms with Crippen molar-refractivity contribution in [2.75, 3.05) is 11.8 Å². The van der Waals surface area contributed by atoms with E-state index in [-0.39, 0.29) is 4.90 Å². The van der Waals surface area contributed by atoms with Crippen molar-refractivity contribution in [3.63, 3.8) is 0 Å². The highest BCUT2D eigenvalue weighted by atomic mass is 32.2. The topological polar surface area (TPSA) is 98.5 Å². The molecule has 2 aromatic carbocycles. The lowest BCUT2D eigenvalue weighted by molar-refractivity contribution is 0.415. The Labute approximate surface area is 168 Å². The van der Waals surface area contributed by atoms with E-state index in [0.29, 0.717) is 39.7 Å². The lowest BCUT2D eigenvalue weighted by Crippen LogP contribution is -2.14. The van der Waals surface area contributed by atoms with Crippen LogP contribution in [0.1, 0.15) is 11.4 Å². The maximum Gasteiger partial charge on any atom is 0.262 e. The molecule has 0 spiro atoms. The maximum atomic E-state index is 13.0. The van der Waals surface area contributed by atoms with E-state index in [2.05, 4.69) is 20.0 Å². The van der Waals surface area contributed by atoms with Gasteiger partial charge in [0, 0.05) is 11.3 Å². The molecule has 0 amide bonds. The second-order valence-electron chi connectivity index (χ2n) is 6.55. The summed E-state index contributed by atoms with van der Waals surface area (Å²) in [6.07, 6.45) is 0. The number of rotatable bonds is 5. The van der Waals surface area contributed by atoms with Crippen molar-refractivity contribution in [1.29, 1.82) is 0 Å². The van der Waals surface area contributed by atoms with E-state index in [1.165, 1.54) is 0 Å². The van der Waals surface area contributed by atoms with Gasteiger partial charge < -0.3 is 4.74 Å². The molecule has 2 heterocycles. The molecule has 0 atom stereocenters. The predicted octanol–water partition coefficient (Wildman–Crippen LogP) is 3.22. The smallest absolute Gasteiger partial charge is 0.262 e. The van der Waals surface area contributed by atoms with E-state index in [0.717, 1.165) is 0 Å². The largest absolute Gasteiger partial charge is 0.497 e. The molecule has 1 N–H and O–H groups in total. The van der Waals surface area contributed by atoms with Crippen LogP contribution in [0.3, 0.4) is 0 Å². The molecule has 0 bridgehead atoms. The minimum absolute atomic E-state index is 0.188. The molecule has 0 saturated heterocycles. The number of aryl methyl sites for hydroxylation is 2. The summed E-state index contributed by atoms with van der Waals surface area (Å²) in [5.74, 6) is 1.31. The monoisotopic (exact) mass is 409 g/mol. The molecule has 8 nitrogen and oxygen atoms in total. The minimum Gasteiger partial charge on any atom is -0.497 e. The second kappa shape index (κ2) is 7.17. The van der Waals surface area contributed by atoms with Gasteiger partial charge >= 0.3 is 0 Å². The van der Waals surface area contributed by atoms with Crippen molar-refractivity contribution < 1.29 is 13.2 Å². The molecule has 0 aliphatic heterocycles. The number of anilines is 1. The van der Waals surface area contributed by atoms with Crippen molar-refractivity contribution in [3.05, 3.63) is 66.0 Å². The number of hydrogen-bond donors (Lipinski definition) is 1. The molecule has 0 saturated carbocycles. The normalized spacial score (nSPS) is 11.6. The third kappa shape index (κ3) is 3.64. The minimum atomic E-state index is -3.78. The number of methoxy groups -OCH3 is 1. The van der Waals surface area contributed by atoms with Crippen LogP contribution >= 0.6 is 0 Å². The van der Waals surface area contributed by atoms with Crippen LogP contribution in [0.4, 0.5) is 5.69 Å². The van der Waals surface area contributed by atoms with Gasteiger partial charge in [0.25, 0.3) is 10.0 Å².